The van der Waals surface area contributed by atoms with Gasteiger partial charge in [-0.3, -0.25) is 0 Å². The van der Waals surface area contributed by atoms with E-state index in [0.717, 1.165) is 6.54 Å². The van der Waals surface area contributed by atoms with E-state index in [9.17, 15) is 13.5 Å². The fraction of sp³-hybridized carbons (Fsp3) is 0.714. The lowest BCUT2D eigenvalue weighted by Crippen LogP contribution is -2.40. The lowest BCUT2D eigenvalue weighted by atomic mass is 10.1. The summed E-state index contributed by atoms with van der Waals surface area (Å²) < 4.78 is 32.1. The van der Waals surface area contributed by atoms with Crippen LogP contribution in [0.25, 0.3) is 0 Å². The monoisotopic (exact) mass is 318 g/mol. The molecule has 0 radical (unpaired) electrons. The molecular weight excluding hydrogens is 292 g/mol. The first-order valence-electron chi connectivity index (χ1n) is 7.19. The lowest BCUT2D eigenvalue weighted by Gasteiger charge is -2.18. The first-order valence-corrected chi connectivity index (χ1v) is 8.67. The zero-order valence-corrected chi connectivity index (χ0v) is 13.9. The maximum Gasteiger partial charge on any atom is 0.274 e. The van der Waals surface area contributed by atoms with Crippen LogP contribution in [0, 0.1) is 11.8 Å². The number of hydrogen-bond donors (Lipinski definition) is 3. The molecule has 0 aliphatic heterocycles. The Morgan fingerprint density at radius 3 is 2.43 bits per heavy atom. The normalized spacial score (nSPS) is 14.0. The first kappa shape index (κ1) is 18.2. The predicted octanol–water partition coefficient (Wildman–Crippen LogP) is 1.32. The Labute approximate surface area is 127 Å². The molecular formula is C14H26N2O4S. The SMILES string of the molecule is CC(C)CNCc1ccc(S(=O)(=O)N[C@H](CO)C(C)C)o1. The second-order valence-corrected chi connectivity index (χ2v) is 7.54. The zero-order valence-electron chi connectivity index (χ0n) is 13.1. The lowest BCUT2D eigenvalue weighted by molar-refractivity contribution is 0.227. The molecule has 6 nitrogen and oxygen atoms in total. The second-order valence-electron chi connectivity index (χ2n) is 5.90. The van der Waals surface area contributed by atoms with Gasteiger partial charge in [-0.15, -0.1) is 0 Å². The van der Waals surface area contributed by atoms with Crippen molar-refractivity contribution in [3.63, 3.8) is 0 Å². The minimum Gasteiger partial charge on any atom is -0.447 e. The minimum atomic E-state index is -3.74. The Hall–Kier alpha value is -0.890. The molecule has 122 valence electrons. The Morgan fingerprint density at radius 1 is 1.24 bits per heavy atom. The summed E-state index contributed by atoms with van der Waals surface area (Å²) in [5.74, 6) is 1.08. The standard InChI is InChI=1S/C14H26N2O4S/c1-10(2)7-15-8-12-5-6-14(20-12)21(18,19)16-13(9-17)11(3)4/h5-6,10-11,13,15-17H,7-9H2,1-4H3/t13-/m1/s1. The third kappa shape index (κ3) is 5.78. The Morgan fingerprint density at radius 2 is 1.90 bits per heavy atom. The van der Waals surface area contributed by atoms with Crippen LogP contribution < -0.4 is 10.0 Å². The van der Waals surface area contributed by atoms with Gasteiger partial charge in [0.05, 0.1) is 13.2 Å². The van der Waals surface area contributed by atoms with Crippen LogP contribution >= 0.6 is 0 Å². The molecule has 0 amide bonds. The molecule has 0 aliphatic carbocycles. The molecule has 0 saturated heterocycles. The quantitative estimate of drug-likeness (QED) is 0.639. The molecule has 0 spiro atoms. The van der Waals surface area contributed by atoms with Crippen molar-refractivity contribution >= 4 is 10.0 Å². The van der Waals surface area contributed by atoms with Crippen molar-refractivity contribution < 1.29 is 17.9 Å². The third-order valence-corrected chi connectivity index (χ3v) is 4.42. The molecule has 21 heavy (non-hydrogen) atoms. The van der Waals surface area contributed by atoms with E-state index in [1.807, 2.05) is 13.8 Å². The van der Waals surface area contributed by atoms with E-state index in [0.29, 0.717) is 18.2 Å². The molecule has 7 heteroatoms. The summed E-state index contributed by atoms with van der Waals surface area (Å²) in [4.78, 5) is 0. The van der Waals surface area contributed by atoms with E-state index in [2.05, 4.69) is 23.9 Å². The van der Waals surface area contributed by atoms with Crippen LogP contribution in [0.5, 0.6) is 0 Å². The highest BCUT2D eigenvalue weighted by Crippen LogP contribution is 2.15. The summed E-state index contributed by atoms with van der Waals surface area (Å²) in [7, 11) is -3.74. The Balaban J connectivity index is 2.69. The van der Waals surface area contributed by atoms with Gasteiger partial charge in [0.25, 0.3) is 10.0 Å². The highest BCUT2D eigenvalue weighted by molar-refractivity contribution is 7.89. The van der Waals surface area contributed by atoms with Crippen LogP contribution in [-0.2, 0) is 16.6 Å². The van der Waals surface area contributed by atoms with Crippen molar-refractivity contribution in [3.8, 4) is 0 Å². The highest BCUT2D eigenvalue weighted by Gasteiger charge is 2.24. The van der Waals surface area contributed by atoms with Gasteiger partial charge in [-0.05, 0) is 30.5 Å². The molecule has 1 rings (SSSR count). The van der Waals surface area contributed by atoms with Crippen molar-refractivity contribution in [2.24, 2.45) is 11.8 Å². The van der Waals surface area contributed by atoms with Gasteiger partial charge >= 0.3 is 0 Å². The fourth-order valence-corrected chi connectivity index (χ4v) is 3.05. The summed E-state index contributed by atoms with van der Waals surface area (Å²) in [6.07, 6.45) is 0. The van der Waals surface area contributed by atoms with Gasteiger partial charge in [-0.2, -0.15) is 0 Å². The molecule has 0 bridgehead atoms. The topological polar surface area (TPSA) is 91.6 Å². The van der Waals surface area contributed by atoms with Gasteiger partial charge < -0.3 is 14.8 Å². The molecule has 0 saturated carbocycles. The van der Waals surface area contributed by atoms with Crippen LogP contribution in [0.1, 0.15) is 33.5 Å². The van der Waals surface area contributed by atoms with E-state index < -0.39 is 16.1 Å². The molecule has 1 aromatic rings. The van der Waals surface area contributed by atoms with Gasteiger partial charge in [-0.25, -0.2) is 13.1 Å². The summed E-state index contributed by atoms with van der Waals surface area (Å²) in [6.45, 7) is 8.94. The van der Waals surface area contributed by atoms with Gasteiger partial charge in [0.2, 0.25) is 5.09 Å². The van der Waals surface area contributed by atoms with E-state index in [4.69, 9.17) is 4.42 Å². The summed E-state index contributed by atoms with van der Waals surface area (Å²) in [5, 5.41) is 12.3. The van der Waals surface area contributed by atoms with Crippen LogP contribution in [0.2, 0.25) is 0 Å². The third-order valence-electron chi connectivity index (χ3n) is 3.06. The van der Waals surface area contributed by atoms with Gasteiger partial charge in [0.15, 0.2) is 0 Å². The van der Waals surface area contributed by atoms with E-state index in [1.54, 1.807) is 6.07 Å². The highest BCUT2D eigenvalue weighted by atomic mass is 32.2. The summed E-state index contributed by atoms with van der Waals surface area (Å²) in [6, 6.07) is 2.55. The number of rotatable bonds is 9. The van der Waals surface area contributed by atoms with Crippen LogP contribution in [-0.4, -0.2) is 32.7 Å². The predicted molar refractivity (Wildman–Crippen MR) is 81.3 cm³/mol. The smallest absolute Gasteiger partial charge is 0.274 e. The molecule has 0 aromatic carbocycles. The summed E-state index contributed by atoms with van der Waals surface area (Å²) in [5.41, 5.74) is 0. The van der Waals surface area contributed by atoms with E-state index in [1.165, 1.54) is 6.07 Å². The molecule has 0 fully saturated rings. The van der Waals surface area contributed by atoms with Crippen molar-refractivity contribution in [2.75, 3.05) is 13.2 Å². The fourth-order valence-electron chi connectivity index (χ4n) is 1.72. The number of aliphatic hydroxyl groups is 1. The summed E-state index contributed by atoms with van der Waals surface area (Å²) >= 11 is 0. The maximum absolute atomic E-state index is 12.2. The zero-order chi connectivity index (χ0) is 16.0. The number of aliphatic hydroxyl groups excluding tert-OH is 1. The second kappa shape index (κ2) is 7.93. The largest absolute Gasteiger partial charge is 0.447 e. The number of hydrogen-bond acceptors (Lipinski definition) is 5. The van der Waals surface area contributed by atoms with Crippen molar-refractivity contribution in [1.29, 1.82) is 0 Å². The average molecular weight is 318 g/mol. The van der Waals surface area contributed by atoms with Crippen LogP contribution in [0.4, 0.5) is 0 Å². The Kier molecular flexibility index (Phi) is 6.86. The van der Waals surface area contributed by atoms with Crippen LogP contribution in [0.3, 0.4) is 0 Å². The van der Waals surface area contributed by atoms with Gasteiger partial charge in [0.1, 0.15) is 5.76 Å². The van der Waals surface area contributed by atoms with Gasteiger partial charge in [0, 0.05) is 6.04 Å². The number of furan rings is 1. The van der Waals surface area contributed by atoms with Crippen molar-refractivity contribution in [2.45, 2.75) is 45.4 Å². The molecule has 3 N–H and O–H groups in total. The van der Waals surface area contributed by atoms with E-state index >= 15 is 0 Å². The van der Waals surface area contributed by atoms with E-state index in [-0.39, 0.29) is 17.6 Å². The molecule has 1 aromatic heterocycles. The maximum atomic E-state index is 12.2. The van der Waals surface area contributed by atoms with Gasteiger partial charge in [-0.1, -0.05) is 27.7 Å². The number of sulfonamides is 1. The first-order chi connectivity index (χ1) is 9.76. The van der Waals surface area contributed by atoms with Crippen molar-refractivity contribution in [3.05, 3.63) is 17.9 Å². The molecule has 1 atom stereocenters. The molecule has 1 heterocycles. The number of nitrogens with one attached hydrogen (secondary N) is 2. The Bertz CT molecular complexity index is 523. The van der Waals surface area contributed by atoms with Crippen LogP contribution in [0.15, 0.2) is 21.6 Å². The van der Waals surface area contributed by atoms with Crippen molar-refractivity contribution in [1.82, 2.24) is 10.0 Å². The average Bonchev–Trinajstić information content (AvgIpc) is 2.85. The molecule has 0 aliphatic rings. The minimum absolute atomic E-state index is 0.00749. The molecule has 0 unspecified atom stereocenters.